The van der Waals surface area contributed by atoms with Crippen molar-refractivity contribution in [3.8, 4) is 11.8 Å². The number of nitrogens with one attached hydrogen (secondary N) is 2. The van der Waals surface area contributed by atoms with Gasteiger partial charge in [-0.05, 0) is 43.7 Å². The topological polar surface area (TPSA) is 154 Å². The van der Waals surface area contributed by atoms with Crippen LogP contribution in [0, 0.1) is 17.3 Å². The van der Waals surface area contributed by atoms with Crippen LogP contribution in [0.2, 0.25) is 0 Å². The Hall–Kier alpha value is -4.36. The maximum atomic E-state index is 12.6. The lowest BCUT2D eigenvalue weighted by atomic mass is 10.0. The molecule has 166 valence electrons. The van der Waals surface area contributed by atoms with Gasteiger partial charge in [0.15, 0.2) is 11.4 Å². The van der Waals surface area contributed by atoms with Crippen molar-refractivity contribution in [3.63, 3.8) is 0 Å². The molecule has 33 heavy (non-hydrogen) atoms. The summed E-state index contributed by atoms with van der Waals surface area (Å²) in [6.07, 6.45) is 5.50. The molecule has 1 atom stereocenters. The van der Waals surface area contributed by atoms with Crippen molar-refractivity contribution in [2.75, 3.05) is 24.1 Å². The Morgan fingerprint density at radius 2 is 1.97 bits per heavy atom. The standard InChI is InChI=1S/C23H22N8O2/c1-23(33,21-26-9-2-10-27-21)8-6-15-4-5-16(19(24)20(32)31-12-3-13-31)17(14-15)29-18-7-11-28-22(25)30-18/h2,4-5,7,9-11,14,24,33H,3,12-13H2,1H3,(H3,25,28,29,30). The van der Waals surface area contributed by atoms with E-state index in [-0.39, 0.29) is 23.4 Å². The second kappa shape index (κ2) is 9.02. The van der Waals surface area contributed by atoms with Crippen LogP contribution < -0.4 is 11.1 Å². The van der Waals surface area contributed by atoms with Crippen LogP contribution in [0.25, 0.3) is 0 Å². The number of carbonyl (C=O) groups is 1. The van der Waals surface area contributed by atoms with Crippen molar-refractivity contribution in [1.29, 1.82) is 5.41 Å². The first-order valence-electron chi connectivity index (χ1n) is 10.2. The number of carbonyl (C=O) groups excluding carboxylic acids is 1. The Labute approximate surface area is 190 Å². The molecule has 1 unspecified atom stereocenters. The van der Waals surface area contributed by atoms with Gasteiger partial charge in [-0.1, -0.05) is 11.8 Å². The van der Waals surface area contributed by atoms with Gasteiger partial charge in [-0.2, -0.15) is 4.98 Å². The molecule has 0 bridgehead atoms. The molecule has 1 saturated heterocycles. The summed E-state index contributed by atoms with van der Waals surface area (Å²) >= 11 is 0. The number of rotatable bonds is 5. The van der Waals surface area contributed by atoms with Crippen LogP contribution in [-0.4, -0.2) is 54.7 Å². The third kappa shape index (κ3) is 4.94. The van der Waals surface area contributed by atoms with Crippen LogP contribution in [0.3, 0.4) is 0 Å². The molecule has 4 rings (SSSR count). The fourth-order valence-electron chi connectivity index (χ4n) is 3.12. The Bertz CT molecular complexity index is 1260. The lowest BCUT2D eigenvalue weighted by Gasteiger charge is -2.31. The third-order valence-corrected chi connectivity index (χ3v) is 5.03. The van der Waals surface area contributed by atoms with E-state index in [1.807, 2.05) is 0 Å². The van der Waals surface area contributed by atoms with E-state index in [9.17, 15) is 9.90 Å². The Kier molecular flexibility index (Phi) is 5.97. The predicted octanol–water partition coefficient (Wildman–Crippen LogP) is 1.45. The highest BCUT2D eigenvalue weighted by molar-refractivity contribution is 6.45. The number of hydrogen-bond acceptors (Lipinski definition) is 9. The van der Waals surface area contributed by atoms with Crippen molar-refractivity contribution < 1.29 is 9.90 Å². The second-order valence-electron chi connectivity index (χ2n) is 7.60. The van der Waals surface area contributed by atoms with Gasteiger partial charge in [-0.15, -0.1) is 0 Å². The average molecular weight is 442 g/mol. The molecular formula is C23H22N8O2. The van der Waals surface area contributed by atoms with E-state index < -0.39 is 5.60 Å². The number of anilines is 3. The van der Waals surface area contributed by atoms with Gasteiger partial charge in [-0.25, -0.2) is 15.0 Å². The zero-order chi connectivity index (χ0) is 23.4. The minimum absolute atomic E-state index is 0.0862. The molecule has 10 heteroatoms. The maximum Gasteiger partial charge on any atom is 0.272 e. The van der Waals surface area contributed by atoms with Crippen LogP contribution >= 0.6 is 0 Å². The summed E-state index contributed by atoms with van der Waals surface area (Å²) in [7, 11) is 0. The number of nitrogens with two attached hydrogens (primary N) is 1. The van der Waals surface area contributed by atoms with Gasteiger partial charge in [0.1, 0.15) is 11.5 Å². The summed E-state index contributed by atoms with van der Waals surface area (Å²) < 4.78 is 0. The van der Waals surface area contributed by atoms with E-state index in [0.29, 0.717) is 35.7 Å². The minimum Gasteiger partial charge on any atom is -0.371 e. The smallest absolute Gasteiger partial charge is 0.272 e. The summed E-state index contributed by atoms with van der Waals surface area (Å²) in [6.45, 7) is 2.80. The Balaban J connectivity index is 1.69. The van der Waals surface area contributed by atoms with Crippen LogP contribution in [0.5, 0.6) is 0 Å². The highest BCUT2D eigenvalue weighted by atomic mass is 16.3. The molecule has 0 radical (unpaired) electrons. The third-order valence-electron chi connectivity index (χ3n) is 5.03. The van der Waals surface area contributed by atoms with Gasteiger partial charge in [-0.3, -0.25) is 10.2 Å². The summed E-state index contributed by atoms with van der Waals surface area (Å²) in [5.74, 6) is 6.04. The molecule has 5 N–H and O–H groups in total. The van der Waals surface area contributed by atoms with Crippen molar-refractivity contribution in [1.82, 2.24) is 24.8 Å². The second-order valence-corrected chi connectivity index (χ2v) is 7.60. The first-order chi connectivity index (χ1) is 15.8. The normalized spacial score (nSPS) is 14.3. The average Bonchev–Trinajstić information content (AvgIpc) is 2.77. The number of hydrogen-bond donors (Lipinski definition) is 4. The molecule has 2 aromatic heterocycles. The molecule has 0 saturated carbocycles. The molecule has 1 aliphatic rings. The number of benzene rings is 1. The van der Waals surface area contributed by atoms with E-state index in [4.69, 9.17) is 11.1 Å². The molecule has 1 aliphatic heterocycles. The van der Waals surface area contributed by atoms with E-state index in [2.05, 4.69) is 37.1 Å². The first-order valence-corrected chi connectivity index (χ1v) is 10.2. The first kappa shape index (κ1) is 21.9. The van der Waals surface area contributed by atoms with Crippen LogP contribution in [0.15, 0.2) is 48.9 Å². The SMILES string of the molecule is CC(O)(C#Cc1ccc(C(=N)C(=O)N2CCC2)c(Nc2ccnc(N)n2)c1)c1ncccn1. The van der Waals surface area contributed by atoms with Crippen LogP contribution in [-0.2, 0) is 10.4 Å². The van der Waals surface area contributed by atoms with Gasteiger partial charge in [0.2, 0.25) is 5.95 Å². The highest BCUT2D eigenvalue weighted by Crippen LogP contribution is 2.24. The van der Waals surface area contributed by atoms with E-state index in [1.165, 1.54) is 25.5 Å². The zero-order valence-corrected chi connectivity index (χ0v) is 17.9. The highest BCUT2D eigenvalue weighted by Gasteiger charge is 2.26. The number of aromatic nitrogens is 4. The van der Waals surface area contributed by atoms with Crippen molar-refractivity contribution >= 4 is 29.1 Å². The quantitative estimate of drug-likeness (QED) is 0.342. The van der Waals surface area contributed by atoms with Crippen molar-refractivity contribution in [2.45, 2.75) is 18.9 Å². The largest absolute Gasteiger partial charge is 0.371 e. The van der Waals surface area contributed by atoms with Crippen molar-refractivity contribution in [3.05, 3.63) is 65.9 Å². The molecule has 1 fully saturated rings. The number of nitrogens with zero attached hydrogens (tertiary/aromatic N) is 5. The Morgan fingerprint density at radius 3 is 2.64 bits per heavy atom. The number of nitrogen functional groups attached to an aromatic ring is 1. The fraction of sp³-hybridized carbons (Fsp3) is 0.217. The molecule has 1 amide bonds. The molecule has 10 nitrogen and oxygen atoms in total. The van der Waals surface area contributed by atoms with E-state index in [1.54, 1.807) is 35.2 Å². The lowest BCUT2D eigenvalue weighted by Crippen LogP contribution is -2.45. The molecule has 1 aromatic carbocycles. The lowest BCUT2D eigenvalue weighted by molar-refractivity contribution is -0.127. The van der Waals surface area contributed by atoms with Gasteiger partial charge < -0.3 is 21.1 Å². The maximum absolute atomic E-state index is 12.6. The Morgan fingerprint density at radius 1 is 1.21 bits per heavy atom. The van der Waals surface area contributed by atoms with E-state index >= 15 is 0 Å². The van der Waals surface area contributed by atoms with Crippen LogP contribution in [0.1, 0.15) is 30.3 Å². The predicted molar refractivity (Wildman–Crippen MR) is 123 cm³/mol. The molecular weight excluding hydrogens is 420 g/mol. The fourth-order valence-corrected chi connectivity index (χ4v) is 3.12. The monoisotopic (exact) mass is 442 g/mol. The summed E-state index contributed by atoms with van der Waals surface area (Å²) in [5, 5.41) is 22.2. The summed E-state index contributed by atoms with van der Waals surface area (Å²) in [6, 6.07) is 8.28. The van der Waals surface area contributed by atoms with Crippen LogP contribution in [0.4, 0.5) is 17.5 Å². The number of aliphatic hydroxyl groups is 1. The minimum atomic E-state index is -1.56. The summed E-state index contributed by atoms with van der Waals surface area (Å²) in [4.78, 5) is 30.4. The van der Waals surface area contributed by atoms with Crippen molar-refractivity contribution in [2.24, 2.45) is 0 Å². The number of likely N-dealkylation sites (tertiary alicyclic amines) is 1. The molecule has 3 heterocycles. The van der Waals surface area contributed by atoms with Gasteiger partial charge in [0.25, 0.3) is 5.91 Å². The van der Waals surface area contributed by atoms with Gasteiger partial charge >= 0.3 is 0 Å². The zero-order valence-electron chi connectivity index (χ0n) is 17.9. The molecule has 0 aliphatic carbocycles. The van der Waals surface area contributed by atoms with Gasteiger partial charge in [0.05, 0.1) is 5.69 Å². The van der Waals surface area contributed by atoms with E-state index in [0.717, 1.165) is 6.42 Å². The van der Waals surface area contributed by atoms with Gasteiger partial charge in [0, 0.05) is 42.8 Å². The number of amides is 1. The molecule has 0 spiro atoms. The summed E-state index contributed by atoms with van der Waals surface area (Å²) in [5.41, 5.74) is 5.38. The molecule has 3 aromatic rings.